The average Bonchev–Trinajstić information content (AvgIpc) is 2.00. The van der Waals surface area contributed by atoms with Crippen molar-refractivity contribution >= 4 is 20.4 Å². The van der Waals surface area contributed by atoms with Gasteiger partial charge >= 0.3 is 0 Å². The summed E-state index contributed by atoms with van der Waals surface area (Å²) >= 11 is 0. The Morgan fingerprint density at radius 3 is 2.50 bits per heavy atom. The second-order valence-corrected chi connectivity index (χ2v) is 8.45. The average molecular weight is 215 g/mol. The maximum atomic E-state index is 11.2. The van der Waals surface area contributed by atoms with E-state index < -0.39 is 8.32 Å². The van der Waals surface area contributed by atoms with Gasteiger partial charge in [-0.3, -0.25) is 4.79 Å². The lowest BCUT2D eigenvalue weighted by Crippen LogP contribution is -2.29. The second-order valence-electron chi connectivity index (χ2n) is 4.02. The van der Waals surface area contributed by atoms with Gasteiger partial charge in [0.25, 0.3) is 5.97 Å². The lowest BCUT2D eigenvalue weighted by atomic mass is 10.2. The van der Waals surface area contributed by atoms with Crippen molar-refractivity contribution in [3.05, 3.63) is 0 Å². The standard InChI is InChI=1S/C9H17NO3Si/c1-14(2,3)13-9(12)6-4-5-7-10-8-11/h4-7H2,1-3H3. The number of nitrogens with zero attached hydrogens (tertiary/aromatic N) is 1. The number of carbonyl (C=O) groups is 1. The molecule has 0 aromatic heterocycles. The van der Waals surface area contributed by atoms with E-state index in [0.717, 1.165) is 6.42 Å². The summed E-state index contributed by atoms with van der Waals surface area (Å²) in [6.07, 6.45) is 3.32. The molecule has 4 nitrogen and oxygen atoms in total. The van der Waals surface area contributed by atoms with Crippen molar-refractivity contribution in [3.63, 3.8) is 0 Å². The van der Waals surface area contributed by atoms with Gasteiger partial charge in [-0.15, -0.1) is 0 Å². The minimum atomic E-state index is -1.73. The highest BCUT2D eigenvalue weighted by molar-refractivity contribution is 6.71. The number of carbonyl (C=O) groups excluding carboxylic acids is 2. The summed E-state index contributed by atoms with van der Waals surface area (Å²) in [6, 6.07) is 0. The van der Waals surface area contributed by atoms with Gasteiger partial charge in [-0.2, -0.15) is 0 Å². The maximum absolute atomic E-state index is 11.2. The van der Waals surface area contributed by atoms with Crippen LogP contribution in [0.5, 0.6) is 0 Å². The van der Waals surface area contributed by atoms with Crippen LogP contribution in [-0.4, -0.2) is 26.9 Å². The van der Waals surface area contributed by atoms with Crippen LogP contribution in [0.15, 0.2) is 4.99 Å². The van der Waals surface area contributed by atoms with Crippen LogP contribution in [0.3, 0.4) is 0 Å². The summed E-state index contributed by atoms with van der Waals surface area (Å²) < 4.78 is 5.24. The van der Waals surface area contributed by atoms with Crippen LogP contribution in [-0.2, 0) is 14.0 Å². The fourth-order valence-corrected chi connectivity index (χ4v) is 1.68. The van der Waals surface area contributed by atoms with Gasteiger partial charge in [-0.25, -0.2) is 9.79 Å². The Bertz CT molecular complexity index is 229. The summed E-state index contributed by atoms with van der Waals surface area (Å²) in [7, 11) is -1.73. The molecule has 0 bridgehead atoms. The first kappa shape index (κ1) is 13.1. The molecule has 0 saturated carbocycles. The lowest BCUT2D eigenvalue weighted by molar-refractivity contribution is -0.135. The van der Waals surface area contributed by atoms with E-state index in [9.17, 15) is 9.59 Å². The van der Waals surface area contributed by atoms with Crippen LogP contribution in [0.25, 0.3) is 0 Å². The zero-order chi connectivity index (χ0) is 11.0. The van der Waals surface area contributed by atoms with Crippen LogP contribution in [0.4, 0.5) is 0 Å². The highest BCUT2D eigenvalue weighted by atomic mass is 28.4. The molecule has 0 heterocycles. The SMILES string of the molecule is C[Si](C)(C)OC(=O)CCCCN=C=O. The predicted octanol–water partition coefficient (Wildman–Crippen LogP) is 1.87. The molecule has 0 N–H and O–H groups in total. The first-order valence-corrected chi connectivity index (χ1v) is 8.12. The minimum absolute atomic E-state index is 0.140. The fourth-order valence-electron chi connectivity index (χ4n) is 0.898. The Morgan fingerprint density at radius 1 is 1.36 bits per heavy atom. The predicted molar refractivity (Wildman–Crippen MR) is 56.3 cm³/mol. The van der Waals surface area contributed by atoms with Crippen LogP contribution in [0, 0.1) is 0 Å². The maximum Gasteiger partial charge on any atom is 0.292 e. The highest BCUT2D eigenvalue weighted by Gasteiger charge is 2.19. The van der Waals surface area contributed by atoms with E-state index in [1.54, 1.807) is 0 Å². The highest BCUT2D eigenvalue weighted by Crippen LogP contribution is 2.06. The van der Waals surface area contributed by atoms with Gasteiger partial charge in [-0.1, -0.05) is 0 Å². The molecule has 0 amide bonds. The Kier molecular flexibility index (Phi) is 6.08. The molecule has 5 heteroatoms. The first-order valence-electron chi connectivity index (χ1n) is 4.71. The summed E-state index contributed by atoms with van der Waals surface area (Å²) in [6.45, 7) is 6.37. The molecule has 0 aliphatic carbocycles. The molecular weight excluding hydrogens is 198 g/mol. The van der Waals surface area contributed by atoms with Crippen LogP contribution < -0.4 is 0 Å². The molecule has 0 aliphatic heterocycles. The van der Waals surface area contributed by atoms with E-state index in [1.165, 1.54) is 6.08 Å². The molecule has 0 spiro atoms. The van der Waals surface area contributed by atoms with Crippen molar-refractivity contribution in [2.24, 2.45) is 4.99 Å². The summed E-state index contributed by atoms with van der Waals surface area (Å²) in [5, 5.41) is 0. The van der Waals surface area contributed by atoms with Gasteiger partial charge in [0.2, 0.25) is 14.4 Å². The third-order valence-corrected chi connectivity index (χ3v) is 2.23. The lowest BCUT2D eigenvalue weighted by Gasteiger charge is -2.16. The third kappa shape index (κ3) is 9.16. The van der Waals surface area contributed by atoms with E-state index in [1.807, 2.05) is 19.6 Å². The van der Waals surface area contributed by atoms with Crippen molar-refractivity contribution in [3.8, 4) is 0 Å². The molecule has 0 fully saturated rings. The molecule has 0 radical (unpaired) electrons. The summed E-state index contributed by atoms with van der Waals surface area (Å²) in [5.41, 5.74) is 0. The number of isocyanates is 1. The smallest absolute Gasteiger partial charge is 0.292 e. The summed E-state index contributed by atoms with van der Waals surface area (Å²) in [4.78, 5) is 24.3. The van der Waals surface area contributed by atoms with Gasteiger partial charge in [-0.05, 0) is 32.5 Å². The van der Waals surface area contributed by atoms with E-state index in [0.29, 0.717) is 19.4 Å². The van der Waals surface area contributed by atoms with Gasteiger partial charge in [0.05, 0.1) is 6.54 Å². The fraction of sp³-hybridized carbons (Fsp3) is 0.778. The molecule has 14 heavy (non-hydrogen) atoms. The Morgan fingerprint density at radius 2 is 2.00 bits per heavy atom. The molecule has 0 aromatic rings. The van der Waals surface area contributed by atoms with Gasteiger partial charge in [0.15, 0.2) is 0 Å². The molecule has 0 aromatic carbocycles. The quantitative estimate of drug-likeness (QED) is 0.294. The Labute approximate surface area is 85.5 Å². The van der Waals surface area contributed by atoms with Gasteiger partial charge in [0.1, 0.15) is 0 Å². The molecule has 0 saturated heterocycles. The van der Waals surface area contributed by atoms with Crippen molar-refractivity contribution in [2.45, 2.75) is 38.9 Å². The Hall–Kier alpha value is -0.933. The third-order valence-electron chi connectivity index (χ3n) is 1.39. The van der Waals surface area contributed by atoms with Gasteiger partial charge < -0.3 is 4.43 Å². The zero-order valence-corrected chi connectivity index (χ0v) is 10.0. The monoisotopic (exact) mass is 215 g/mol. The largest absolute Gasteiger partial charge is 0.520 e. The van der Waals surface area contributed by atoms with Crippen molar-refractivity contribution in [1.82, 2.24) is 0 Å². The number of hydrogen-bond donors (Lipinski definition) is 0. The van der Waals surface area contributed by atoms with Crippen LogP contribution >= 0.6 is 0 Å². The number of aliphatic imine (C=N–C) groups is 1. The molecule has 0 atom stereocenters. The van der Waals surface area contributed by atoms with E-state index in [4.69, 9.17) is 4.43 Å². The van der Waals surface area contributed by atoms with E-state index in [2.05, 4.69) is 4.99 Å². The van der Waals surface area contributed by atoms with Crippen molar-refractivity contribution in [1.29, 1.82) is 0 Å². The normalized spacial score (nSPS) is 10.5. The first-order chi connectivity index (χ1) is 6.45. The molecule has 0 rings (SSSR count). The Balaban J connectivity index is 3.50. The van der Waals surface area contributed by atoms with E-state index in [-0.39, 0.29) is 5.97 Å². The summed E-state index contributed by atoms with van der Waals surface area (Å²) in [5.74, 6) is -0.140. The van der Waals surface area contributed by atoms with Gasteiger partial charge in [0, 0.05) is 6.42 Å². The van der Waals surface area contributed by atoms with E-state index >= 15 is 0 Å². The minimum Gasteiger partial charge on any atom is -0.520 e. The zero-order valence-electron chi connectivity index (χ0n) is 9.00. The van der Waals surface area contributed by atoms with Crippen LogP contribution in [0.1, 0.15) is 19.3 Å². The van der Waals surface area contributed by atoms with Crippen LogP contribution in [0.2, 0.25) is 19.6 Å². The van der Waals surface area contributed by atoms with Crippen molar-refractivity contribution in [2.75, 3.05) is 6.54 Å². The number of hydrogen-bond acceptors (Lipinski definition) is 4. The number of rotatable bonds is 6. The van der Waals surface area contributed by atoms with Crippen molar-refractivity contribution < 1.29 is 14.0 Å². The second kappa shape index (κ2) is 6.51. The molecule has 80 valence electrons. The molecule has 0 aliphatic rings. The topological polar surface area (TPSA) is 55.7 Å². The number of unbranched alkanes of at least 4 members (excludes halogenated alkanes) is 1. The molecule has 0 unspecified atom stereocenters. The molecular formula is C9H17NO3Si.